The SMILES string of the molecule is C[SiH](C)[CH](c1ccccc1)[Sn]([CH2]C(C)(C)c1ccccc1)([CH2]C(C)(C)c1ccccc1)[CH](c1ccccc1)[SiH](C)C. The Kier molecular flexibility index (Phi) is 10.6. The molecule has 0 bridgehead atoms. The van der Waals surface area contributed by atoms with Crippen molar-refractivity contribution in [2.75, 3.05) is 0 Å². The molecule has 0 spiro atoms. The fourth-order valence-corrected chi connectivity index (χ4v) is 62.6. The molecule has 2 atom stereocenters. The van der Waals surface area contributed by atoms with Gasteiger partial charge in [-0.3, -0.25) is 0 Å². The van der Waals surface area contributed by atoms with Gasteiger partial charge in [0.2, 0.25) is 0 Å². The molecule has 41 heavy (non-hydrogen) atoms. The first-order valence-corrected chi connectivity index (χ1v) is 29.0. The first-order chi connectivity index (χ1) is 19.5. The molecule has 0 aromatic heterocycles. The second kappa shape index (κ2) is 13.6. The van der Waals surface area contributed by atoms with Crippen LogP contribution in [0.1, 0.15) is 57.1 Å². The summed E-state index contributed by atoms with van der Waals surface area (Å²) in [6, 6.07) is 46.6. The Hall–Kier alpha value is -1.89. The quantitative estimate of drug-likeness (QED) is 0.131. The molecule has 4 rings (SSSR count). The number of hydrogen-bond donors (Lipinski definition) is 0. The van der Waals surface area contributed by atoms with Gasteiger partial charge in [-0.2, -0.15) is 0 Å². The molecule has 0 aliphatic rings. The Morgan fingerprint density at radius 2 is 0.732 bits per heavy atom. The molecule has 0 aliphatic heterocycles. The van der Waals surface area contributed by atoms with E-state index in [1.54, 1.807) is 11.1 Å². The summed E-state index contributed by atoms with van der Waals surface area (Å²) in [4.78, 5) is 0. The van der Waals surface area contributed by atoms with E-state index in [1.807, 2.05) is 0 Å². The van der Waals surface area contributed by atoms with Crippen LogP contribution >= 0.6 is 0 Å². The summed E-state index contributed by atoms with van der Waals surface area (Å²) in [5.41, 5.74) is 6.55. The van der Waals surface area contributed by atoms with Gasteiger partial charge >= 0.3 is 260 Å². The van der Waals surface area contributed by atoms with Crippen LogP contribution in [0.3, 0.4) is 0 Å². The third-order valence-electron chi connectivity index (χ3n) is 9.54. The van der Waals surface area contributed by atoms with Crippen molar-refractivity contribution < 1.29 is 0 Å². The summed E-state index contributed by atoms with van der Waals surface area (Å²) >= 11 is -3.33. The number of rotatable bonds is 12. The van der Waals surface area contributed by atoms with E-state index in [9.17, 15) is 0 Å². The van der Waals surface area contributed by atoms with Crippen LogP contribution in [0.15, 0.2) is 121 Å². The van der Waals surface area contributed by atoms with Crippen LogP contribution in [-0.4, -0.2) is 36.0 Å². The van der Waals surface area contributed by atoms with E-state index in [0.29, 0.717) is 0 Å². The fraction of sp³-hybridized carbons (Fsp3) is 0.368. The Balaban J connectivity index is 2.07. The Bertz CT molecular complexity index is 1230. The molecule has 2 unspecified atom stereocenters. The van der Waals surface area contributed by atoms with E-state index in [-0.39, 0.29) is 10.8 Å². The van der Waals surface area contributed by atoms with E-state index in [4.69, 9.17) is 0 Å². The standard InChI is InChI=1S/2C10H13.2C9H13Si.Sn/c2*1-10(2,3)9-7-5-4-6-8-9;2*1-10(2)8-9-6-4-3-5-7-9;/h2*4-8H,1H2,2-3H3;2*3-8,10H,1-2H3;. The zero-order valence-corrected chi connectivity index (χ0v) is 31.9. The molecule has 3 heteroatoms. The van der Waals surface area contributed by atoms with Gasteiger partial charge in [0.1, 0.15) is 0 Å². The van der Waals surface area contributed by atoms with Crippen LogP contribution < -0.4 is 0 Å². The zero-order valence-electron chi connectivity index (χ0n) is 26.8. The van der Waals surface area contributed by atoms with E-state index >= 15 is 0 Å². The molecule has 0 N–H and O–H groups in total. The predicted molar refractivity (Wildman–Crippen MR) is 190 cm³/mol. The molecule has 4 aromatic rings. The first kappa shape index (κ1) is 32.0. The average molecular weight is 684 g/mol. The molecule has 0 saturated heterocycles. The van der Waals surface area contributed by atoms with Crippen LogP contribution in [0, 0.1) is 0 Å². The minimum atomic E-state index is -3.33. The fourth-order valence-electron chi connectivity index (χ4n) is 8.41. The number of hydrogen-bond acceptors (Lipinski definition) is 0. The molecule has 4 aromatic carbocycles. The van der Waals surface area contributed by atoms with Crippen LogP contribution in [0.25, 0.3) is 0 Å². The minimum absolute atomic E-state index is 0.122. The first-order valence-electron chi connectivity index (χ1n) is 15.7. The molecular weight excluding hydrogens is 631 g/mol. The van der Waals surface area contributed by atoms with Gasteiger partial charge in [0.15, 0.2) is 0 Å². The second-order valence-corrected chi connectivity index (χ2v) is 37.1. The third kappa shape index (κ3) is 7.37. The predicted octanol–water partition coefficient (Wildman–Crippen LogP) is 10.1. The molecule has 0 heterocycles. The van der Waals surface area contributed by atoms with Gasteiger partial charge in [0, 0.05) is 0 Å². The summed E-state index contributed by atoms with van der Waals surface area (Å²) in [5, 5.41) is 0. The molecule has 0 nitrogen and oxygen atoms in total. The Labute approximate surface area is 258 Å². The molecule has 0 radical (unpaired) electrons. The molecular formula is C38H52Si2Sn. The Morgan fingerprint density at radius 3 is 1.00 bits per heavy atom. The number of benzene rings is 4. The van der Waals surface area contributed by atoms with Crippen molar-refractivity contribution in [2.24, 2.45) is 0 Å². The zero-order chi connectivity index (χ0) is 29.7. The summed E-state index contributed by atoms with van der Waals surface area (Å²) in [5.74, 6) is 0. The van der Waals surface area contributed by atoms with Crippen molar-refractivity contribution in [1.29, 1.82) is 0 Å². The summed E-state index contributed by atoms with van der Waals surface area (Å²) in [7, 11) is -2.22. The molecule has 0 amide bonds. The van der Waals surface area contributed by atoms with Crippen molar-refractivity contribution >= 4 is 36.0 Å². The van der Waals surface area contributed by atoms with Gasteiger partial charge in [-0.1, -0.05) is 0 Å². The van der Waals surface area contributed by atoms with Crippen LogP contribution in [0.2, 0.25) is 35.1 Å². The van der Waals surface area contributed by atoms with Gasteiger partial charge in [-0.25, -0.2) is 0 Å². The van der Waals surface area contributed by atoms with Gasteiger partial charge in [-0.05, 0) is 0 Å². The van der Waals surface area contributed by atoms with Gasteiger partial charge in [0.05, 0.1) is 0 Å². The van der Waals surface area contributed by atoms with Crippen molar-refractivity contribution in [2.45, 2.75) is 80.7 Å². The van der Waals surface area contributed by atoms with Crippen LogP contribution in [-0.2, 0) is 10.8 Å². The van der Waals surface area contributed by atoms with Gasteiger partial charge in [-0.15, -0.1) is 0 Å². The van der Waals surface area contributed by atoms with Crippen LogP contribution in [0.4, 0.5) is 0 Å². The Morgan fingerprint density at radius 1 is 0.463 bits per heavy atom. The maximum absolute atomic E-state index is 3.33. The summed E-state index contributed by atoms with van der Waals surface area (Å²) in [6.07, 6.45) is 0. The maximum atomic E-state index is 2.66. The van der Waals surface area contributed by atoms with Gasteiger partial charge in [0.25, 0.3) is 0 Å². The van der Waals surface area contributed by atoms with Crippen molar-refractivity contribution in [1.82, 2.24) is 0 Å². The summed E-state index contributed by atoms with van der Waals surface area (Å²) < 4.78 is 4.27. The van der Waals surface area contributed by atoms with E-state index in [2.05, 4.69) is 175 Å². The van der Waals surface area contributed by atoms with Crippen molar-refractivity contribution in [3.8, 4) is 0 Å². The average Bonchev–Trinajstić information content (AvgIpc) is 2.94. The second-order valence-electron chi connectivity index (χ2n) is 14.4. The molecule has 0 saturated carbocycles. The van der Waals surface area contributed by atoms with Crippen LogP contribution in [0.5, 0.6) is 0 Å². The third-order valence-corrected chi connectivity index (χ3v) is 51.1. The molecule has 0 fully saturated rings. The van der Waals surface area contributed by atoms with E-state index < -0.39 is 36.0 Å². The summed E-state index contributed by atoms with van der Waals surface area (Å²) in [6.45, 7) is 20.9. The van der Waals surface area contributed by atoms with Crippen molar-refractivity contribution in [3.63, 3.8) is 0 Å². The molecule has 0 aliphatic carbocycles. The molecule has 216 valence electrons. The normalized spacial score (nSPS) is 14.3. The van der Waals surface area contributed by atoms with E-state index in [0.717, 1.165) is 7.11 Å². The van der Waals surface area contributed by atoms with E-state index in [1.165, 1.54) is 20.0 Å². The topological polar surface area (TPSA) is 0 Å². The van der Waals surface area contributed by atoms with Gasteiger partial charge < -0.3 is 0 Å². The van der Waals surface area contributed by atoms with Crippen molar-refractivity contribution in [3.05, 3.63) is 144 Å². The monoisotopic (exact) mass is 684 g/mol.